The van der Waals surface area contributed by atoms with E-state index in [0.29, 0.717) is 6.54 Å². The van der Waals surface area contributed by atoms with Gasteiger partial charge in [0, 0.05) is 11.6 Å². The van der Waals surface area contributed by atoms with Crippen molar-refractivity contribution in [3.63, 3.8) is 0 Å². The second-order valence-electron chi connectivity index (χ2n) is 2.29. The number of hydrogen-bond donors (Lipinski definition) is 2. The van der Waals surface area contributed by atoms with Crippen molar-refractivity contribution in [3.8, 4) is 0 Å². The standard InChI is InChI=1S/C7H8ClN3O2S/c8-3-5(12)11-7(13)10-4-6-9-1-2-14-6/h1-2H,3-4H2,(H2,10,11,12,13). The highest BCUT2D eigenvalue weighted by Crippen LogP contribution is 2.02. The molecule has 14 heavy (non-hydrogen) atoms. The fourth-order valence-corrected chi connectivity index (χ4v) is 1.32. The van der Waals surface area contributed by atoms with E-state index in [1.165, 1.54) is 11.3 Å². The molecule has 5 nitrogen and oxygen atoms in total. The lowest BCUT2D eigenvalue weighted by Gasteiger charge is -2.02. The van der Waals surface area contributed by atoms with E-state index >= 15 is 0 Å². The van der Waals surface area contributed by atoms with Gasteiger partial charge in [0.1, 0.15) is 10.9 Å². The summed E-state index contributed by atoms with van der Waals surface area (Å²) in [5, 5.41) is 7.10. The Morgan fingerprint density at radius 2 is 2.36 bits per heavy atom. The Morgan fingerprint density at radius 1 is 1.57 bits per heavy atom. The highest BCUT2D eigenvalue weighted by atomic mass is 35.5. The van der Waals surface area contributed by atoms with Crippen molar-refractivity contribution in [2.75, 3.05) is 5.88 Å². The zero-order valence-electron chi connectivity index (χ0n) is 7.12. The van der Waals surface area contributed by atoms with Gasteiger partial charge in [0.2, 0.25) is 5.91 Å². The Labute approximate surface area is 89.5 Å². The topological polar surface area (TPSA) is 71.1 Å². The van der Waals surface area contributed by atoms with Gasteiger partial charge >= 0.3 is 6.03 Å². The summed E-state index contributed by atoms with van der Waals surface area (Å²) in [6, 6.07) is -0.564. The highest BCUT2D eigenvalue weighted by Gasteiger charge is 2.05. The zero-order valence-corrected chi connectivity index (χ0v) is 8.69. The van der Waals surface area contributed by atoms with E-state index in [2.05, 4.69) is 10.3 Å². The molecule has 3 amide bonds. The number of imide groups is 1. The number of hydrogen-bond acceptors (Lipinski definition) is 4. The van der Waals surface area contributed by atoms with Crippen LogP contribution in [-0.2, 0) is 11.3 Å². The van der Waals surface area contributed by atoms with Gasteiger partial charge in [-0.25, -0.2) is 9.78 Å². The number of nitrogens with one attached hydrogen (secondary N) is 2. The van der Waals surface area contributed by atoms with Gasteiger partial charge in [-0.05, 0) is 0 Å². The third kappa shape index (κ3) is 3.71. The van der Waals surface area contributed by atoms with Crippen LogP contribution in [0, 0.1) is 0 Å². The molecule has 2 N–H and O–H groups in total. The second-order valence-corrected chi connectivity index (χ2v) is 3.54. The molecule has 0 aromatic carbocycles. The van der Waals surface area contributed by atoms with Crippen molar-refractivity contribution in [1.29, 1.82) is 0 Å². The lowest BCUT2D eigenvalue weighted by molar-refractivity contribution is -0.117. The average molecular weight is 234 g/mol. The Kier molecular flexibility index (Phi) is 4.34. The van der Waals surface area contributed by atoms with E-state index in [4.69, 9.17) is 11.6 Å². The molecule has 1 aromatic rings. The predicted molar refractivity (Wildman–Crippen MR) is 53.2 cm³/mol. The number of aromatic nitrogens is 1. The van der Waals surface area contributed by atoms with Crippen LogP contribution in [0.3, 0.4) is 0 Å². The number of halogens is 1. The number of amides is 3. The minimum Gasteiger partial charge on any atom is -0.331 e. The Bertz CT molecular complexity index is 315. The molecule has 0 saturated carbocycles. The molecule has 1 rings (SSSR count). The van der Waals surface area contributed by atoms with E-state index in [1.54, 1.807) is 11.6 Å². The van der Waals surface area contributed by atoms with Gasteiger partial charge in [-0.1, -0.05) is 0 Å². The van der Waals surface area contributed by atoms with Crippen LogP contribution in [0.1, 0.15) is 5.01 Å². The lowest BCUT2D eigenvalue weighted by Crippen LogP contribution is -2.39. The van der Waals surface area contributed by atoms with Gasteiger partial charge in [0.25, 0.3) is 0 Å². The summed E-state index contributed by atoms with van der Waals surface area (Å²) in [6.07, 6.45) is 1.64. The largest absolute Gasteiger partial charge is 0.331 e. The molecule has 0 aliphatic carbocycles. The van der Waals surface area contributed by atoms with Crippen LogP contribution in [0.2, 0.25) is 0 Å². The Balaban J connectivity index is 2.25. The molecule has 7 heteroatoms. The summed E-state index contributed by atoms with van der Waals surface area (Å²) in [6.45, 7) is 0.305. The summed E-state index contributed by atoms with van der Waals surface area (Å²) in [4.78, 5) is 25.6. The molecule has 0 atom stereocenters. The summed E-state index contributed by atoms with van der Waals surface area (Å²) < 4.78 is 0. The molecule has 76 valence electrons. The number of rotatable bonds is 3. The van der Waals surface area contributed by atoms with Crippen LogP contribution >= 0.6 is 22.9 Å². The molecular weight excluding hydrogens is 226 g/mol. The van der Waals surface area contributed by atoms with Crippen LogP contribution in [0.25, 0.3) is 0 Å². The number of thiazole rings is 1. The third-order valence-electron chi connectivity index (χ3n) is 1.26. The van der Waals surface area contributed by atoms with Crippen LogP contribution in [0.4, 0.5) is 4.79 Å². The average Bonchev–Trinajstić information content (AvgIpc) is 2.67. The fraction of sp³-hybridized carbons (Fsp3) is 0.286. The first-order chi connectivity index (χ1) is 6.72. The molecule has 0 bridgehead atoms. The van der Waals surface area contributed by atoms with Crippen molar-refractivity contribution in [2.24, 2.45) is 0 Å². The maximum atomic E-state index is 11.0. The van der Waals surface area contributed by atoms with Crippen molar-refractivity contribution in [3.05, 3.63) is 16.6 Å². The molecule has 0 spiro atoms. The highest BCUT2D eigenvalue weighted by molar-refractivity contribution is 7.09. The Morgan fingerprint density at radius 3 is 2.93 bits per heavy atom. The first kappa shape index (κ1) is 10.9. The minimum atomic E-state index is -0.564. The lowest BCUT2D eigenvalue weighted by atomic mass is 10.6. The van der Waals surface area contributed by atoms with Crippen LogP contribution < -0.4 is 10.6 Å². The first-order valence-corrected chi connectivity index (χ1v) is 5.16. The van der Waals surface area contributed by atoms with Crippen molar-refractivity contribution in [2.45, 2.75) is 6.54 Å². The molecule has 0 aliphatic rings. The van der Waals surface area contributed by atoms with Gasteiger partial charge in [0.15, 0.2) is 0 Å². The summed E-state index contributed by atoms with van der Waals surface area (Å²) in [5.41, 5.74) is 0. The van der Waals surface area contributed by atoms with Gasteiger partial charge in [0.05, 0.1) is 6.54 Å². The summed E-state index contributed by atoms with van der Waals surface area (Å²) in [5.74, 6) is -0.756. The molecule has 0 saturated heterocycles. The first-order valence-electron chi connectivity index (χ1n) is 3.74. The normalized spacial score (nSPS) is 9.50. The molecule has 1 aromatic heterocycles. The Hall–Kier alpha value is -1.14. The summed E-state index contributed by atoms with van der Waals surface area (Å²) in [7, 11) is 0. The zero-order chi connectivity index (χ0) is 10.4. The van der Waals surface area contributed by atoms with Gasteiger partial charge in [-0.3, -0.25) is 10.1 Å². The number of carbonyl (C=O) groups excluding carboxylic acids is 2. The minimum absolute atomic E-state index is 0.231. The number of carbonyl (C=O) groups is 2. The van der Waals surface area contributed by atoms with Gasteiger partial charge < -0.3 is 5.32 Å². The van der Waals surface area contributed by atoms with E-state index in [-0.39, 0.29) is 5.88 Å². The van der Waals surface area contributed by atoms with Crippen LogP contribution in [-0.4, -0.2) is 22.8 Å². The molecule has 0 aliphatic heterocycles. The maximum absolute atomic E-state index is 11.0. The third-order valence-corrected chi connectivity index (χ3v) is 2.28. The second kappa shape index (κ2) is 5.56. The maximum Gasteiger partial charge on any atom is 0.321 e. The van der Waals surface area contributed by atoms with Crippen molar-refractivity contribution in [1.82, 2.24) is 15.6 Å². The molecule has 0 radical (unpaired) electrons. The van der Waals surface area contributed by atoms with E-state index < -0.39 is 11.9 Å². The quantitative estimate of drug-likeness (QED) is 0.756. The van der Waals surface area contributed by atoms with Crippen molar-refractivity contribution < 1.29 is 9.59 Å². The molecule has 1 heterocycles. The van der Waals surface area contributed by atoms with Crippen LogP contribution in [0.15, 0.2) is 11.6 Å². The smallest absolute Gasteiger partial charge is 0.321 e. The number of nitrogens with zero attached hydrogens (tertiary/aromatic N) is 1. The predicted octanol–water partition coefficient (Wildman–Crippen LogP) is 0.708. The van der Waals surface area contributed by atoms with Crippen LogP contribution in [0.5, 0.6) is 0 Å². The van der Waals surface area contributed by atoms with Crippen molar-refractivity contribution >= 4 is 34.9 Å². The monoisotopic (exact) mass is 233 g/mol. The van der Waals surface area contributed by atoms with E-state index in [1.807, 2.05) is 5.32 Å². The fourth-order valence-electron chi connectivity index (χ4n) is 0.700. The summed E-state index contributed by atoms with van der Waals surface area (Å²) >= 11 is 6.62. The van der Waals surface area contributed by atoms with E-state index in [0.717, 1.165) is 5.01 Å². The van der Waals surface area contributed by atoms with E-state index in [9.17, 15) is 9.59 Å². The SMILES string of the molecule is O=C(CCl)NC(=O)NCc1nccs1. The molecule has 0 unspecified atom stereocenters. The van der Waals surface area contributed by atoms with Gasteiger partial charge in [-0.15, -0.1) is 22.9 Å². The molecule has 0 fully saturated rings. The van der Waals surface area contributed by atoms with Gasteiger partial charge in [-0.2, -0.15) is 0 Å². The number of urea groups is 1. The number of alkyl halides is 1. The molecular formula is C7H8ClN3O2S.